The van der Waals surface area contributed by atoms with Gasteiger partial charge in [0.1, 0.15) is 10.4 Å². The van der Waals surface area contributed by atoms with Crippen LogP contribution in [0.25, 0.3) is 0 Å². The van der Waals surface area contributed by atoms with Crippen LogP contribution in [0.2, 0.25) is 10.0 Å². The Bertz CT molecular complexity index is 733. The van der Waals surface area contributed by atoms with E-state index in [9.17, 15) is 8.94 Å². The molecule has 8 heteroatoms. The van der Waals surface area contributed by atoms with Crippen molar-refractivity contribution in [3.63, 3.8) is 0 Å². The molecule has 1 aromatic rings. The fourth-order valence-corrected chi connectivity index (χ4v) is 5.73. The lowest BCUT2D eigenvalue weighted by Gasteiger charge is -2.38. The fraction of sp³-hybridized carbons (Fsp3) is 0.684. The van der Waals surface area contributed by atoms with E-state index in [1.165, 1.54) is 13.2 Å². The maximum Gasteiger partial charge on any atom is 0.171 e. The Hall–Kier alpha value is -0.270. The Kier molecular flexibility index (Phi) is 5.72. The van der Waals surface area contributed by atoms with Crippen molar-refractivity contribution in [1.82, 2.24) is 4.72 Å². The van der Waals surface area contributed by atoms with Crippen LogP contribution in [-0.2, 0) is 11.4 Å². The molecule has 2 saturated carbocycles. The van der Waals surface area contributed by atoms with Crippen molar-refractivity contribution in [3.8, 4) is 5.75 Å². The van der Waals surface area contributed by atoms with E-state index < -0.39 is 39.1 Å². The highest BCUT2D eigenvalue weighted by Gasteiger charge is 2.60. The van der Waals surface area contributed by atoms with Gasteiger partial charge < -0.3 is 9.29 Å². The van der Waals surface area contributed by atoms with Gasteiger partial charge >= 0.3 is 0 Å². The molecule has 2 fully saturated rings. The lowest BCUT2D eigenvalue weighted by molar-refractivity contribution is 0.175. The largest absolute Gasteiger partial charge is 0.598 e. The smallest absolute Gasteiger partial charge is 0.171 e. The molecule has 0 heterocycles. The summed E-state index contributed by atoms with van der Waals surface area (Å²) in [5.41, 5.74) is -1.69. The third-order valence-corrected chi connectivity index (χ3v) is 8.23. The minimum Gasteiger partial charge on any atom is -0.598 e. The summed E-state index contributed by atoms with van der Waals surface area (Å²) in [5.74, 6) is -0.681. The Morgan fingerprint density at radius 2 is 1.85 bits per heavy atom. The van der Waals surface area contributed by atoms with Crippen LogP contribution in [0.1, 0.15) is 64.5 Å². The van der Waals surface area contributed by atoms with Crippen molar-refractivity contribution in [2.24, 2.45) is 5.41 Å². The molecule has 0 radical (unpaired) electrons. The summed E-state index contributed by atoms with van der Waals surface area (Å²) in [6.07, 6.45) is 2.29. The Labute approximate surface area is 172 Å². The van der Waals surface area contributed by atoms with Crippen LogP contribution in [0.3, 0.4) is 0 Å². The van der Waals surface area contributed by atoms with E-state index in [4.69, 9.17) is 27.9 Å². The number of hydrogen-bond donors (Lipinski definition) is 1. The Morgan fingerprint density at radius 3 is 2.30 bits per heavy atom. The summed E-state index contributed by atoms with van der Waals surface area (Å²) < 4.78 is 50.7. The van der Waals surface area contributed by atoms with Gasteiger partial charge in [-0.25, -0.2) is 8.78 Å². The molecule has 1 aromatic carbocycles. The Balaban J connectivity index is 2.13. The van der Waals surface area contributed by atoms with Gasteiger partial charge in [0.25, 0.3) is 0 Å². The number of fused-ring (bicyclic) bond motifs is 2. The van der Waals surface area contributed by atoms with Gasteiger partial charge in [-0.1, -0.05) is 23.2 Å². The number of nitrogens with one attached hydrogen (secondary N) is 1. The van der Waals surface area contributed by atoms with Crippen molar-refractivity contribution < 1.29 is 18.1 Å². The second-order valence-electron chi connectivity index (χ2n) is 8.72. The highest BCUT2D eigenvalue weighted by molar-refractivity contribution is 7.90. The monoisotopic (exact) mass is 439 g/mol. The Morgan fingerprint density at radius 1 is 1.26 bits per heavy atom. The minimum atomic E-state index is -1.50. The zero-order chi connectivity index (χ0) is 20.2. The first kappa shape index (κ1) is 21.4. The van der Waals surface area contributed by atoms with E-state index in [2.05, 4.69) is 4.72 Å². The molecule has 27 heavy (non-hydrogen) atoms. The van der Waals surface area contributed by atoms with Crippen molar-refractivity contribution in [2.45, 2.75) is 69.3 Å². The predicted octanol–water partition coefficient (Wildman–Crippen LogP) is 5.91. The van der Waals surface area contributed by atoms with E-state index in [-0.39, 0.29) is 21.4 Å². The van der Waals surface area contributed by atoms with Crippen LogP contribution >= 0.6 is 23.2 Å². The molecule has 0 spiro atoms. The SMILES string of the molecule is COc1cc(Cl)c(Cl)c([C@@H](N[S+]([O-])C(C)(C)C)C23CCC(F)(CC2)C3)c1F. The van der Waals surface area contributed by atoms with Gasteiger partial charge in [-0.05, 0) is 58.3 Å². The lowest BCUT2D eigenvalue weighted by atomic mass is 9.74. The molecule has 2 aliphatic rings. The minimum absolute atomic E-state index is 0.0355. The van der Waals surface area contributed by atoms with Gasteiger partial charge in [-0.2, -0.15) is 0 Å². The molecule has 2 aliphatic carbocycles. The highest BCUT2D eigenvalue weighted by Crippen LogP contribution is 2.64. The van der Waals surface area contributed by atoms with E-state index in [1.54, 1.807) is 0 Å². The standard InChI is InChI=1S/C19H25Cl2F2NO2S/c1-17(2,3)27(25)24-16(18-5-7-19(23,10-18)8-6-18)13-14(21)11(20)9-12(26-4)15(13)22/h9,16,24H,5-8,10H2,1-4H3/t16-,18?,19?,27?/m1/s1. The first-order valence-corrected chi connectivity index (χ1v) is 10.9. The number of methoxy groups -OCH3 is 1. The molecular weight excluding hydrogens is 415 g/mol. The normalized spacial score (nSPS) is 29.8. The third kappa shape index (κ3) is 3.80. The number of halogens is 4. The molecule has 3 nitrogen and oxygen atoms in total. The zero-order valence-electron chi connectivity index (χ0n) is 15.9. The second-order valence-corrected chi connectivity index (χ2v) is 11.5. The van der Waals surface area contributed by atoms with Gasteiger partial charge in [0.05, 0.1) is 23.2 Å². The molecule has 0 saturated heterocycles. The number of hydrogen-bond acceptors (Lipinski definition) is 3. The second kappa shape index (κ2) is 7.21. The molecular formula is C19H25Cl2F2NO2S. The van der Waals surface area contributed by atoms with Crippen molar-refractivity contribution in [3.05, 3.63) is 27.5 Å². The molecule has 0 aliphatic heterocycles. The van der Waals surface area contributed by atoms with Gasteiger partial charge in [-0.3, -0.25) is 0 Å². The summed E-state index contributed by atoms with van der Waals surface area (Å²) in [6, 6.07) is 0.596. The topological polar surface area (TPSA) is 44.3 Å². The molecule has 1 N–H and O–H groups in total. The van der Waals surface area contributed by atoms with Crippen LogP contribution in [0.15, 0.2) is 6.07 Å². The van der Waals surface area contributed by atoms with Crippen LogP contribution in [0.4, 0.5) is 8.78 Å². The van der Waals surface area contributed by atoms with Crippen LogP contribution in [-0.4, -0.2) is 22.1 Å². The van der Waals surface area contributed by atoms with Crippen LogP contribution in [0.5, 0.6) is 5.75 Å². The first-order chi connectivity index (χ1) is 12.4. The van der Waals surface area contributed by atoms with Crippen molar-refractivity contribution in [1.29, 1.82) is 0 Å². The van der Waals surface area contributed by atoms with Gasteiger partial charge in [0, 0.05) is 23.0 Å². The number of rotatable bonds is 5. The van der Waals surface area contributed by atoms with E-state index >= 15 is 4.39 Å². The molecule has 0 aromatic heterocycles. The maximum atomic E-state index is 15.3. The van der Waals surface area contributed by atoms with Gasteiger partial charge in [-0.15, -0.1) is 4.72 Å². The van der Waals surface area contributed by atoms with Crippen molar-refractivity contribution >= 4 is 34.6 Å². The summed E-state index contributed by atoms with van der Waals surface area (Å²) in [7, 11) is 1.35. The summed E-state index contributed by atoms with van der Waals surface area (Å²) in [6.45, 7) is 5.47. The van der Waals surface area contributed by atoms with Crippen LogP contribution in [0, 0.1) is 11.2 Å². The van der Waals surface area contributed by atoms with Gasteiger partial charge in [0.15, 0.2) is 11.6 Å². The summed E-state index contributed by atoms with van der Waals surface area (Å²) >= 11 is 11.1. The average Bonchev–Trinajstić information content (AvgIpc) is 3.11. The zero-order valence-corrected chi connectivity index (χ0v) is 18.3. The summed E-state index contributed by atoms with van der Waals surface area (Å²) in [5, 5.41) is 0.202. The molecule has 0 amide bonds. The maximum absolute atomic E-state index is 15.3. The molecule has 2 bridgehead atoms. The first-order valence-electron chi connectivity index (χ1n) is 9.01. The third-order valence-electron chi connectivity index (χ3n) is 5.87. The fourth-order valence-electron chi connectivity index (χ4n) is 4.35. The average molecular weight is 440 g/mol. The molecule has 2 atom stereocenters. The number of ether oxygens (including phenoxy) is 1. The van der Waals surface area contributed by atoms with E-state index in [1.807, 2.05) is 20.8 Å². The van der Waals surface area contributed by atoms with E-state index in [0.29, 0.717) is 32.1 Å². The molecule has 3 rings (SSSR count). The van der Waals surface area contributed by atoms with E-state index in [0.717, 1.165) is 0 Å². The van der Waals surface area contributed by atoms with Gasteiger partial charge in [0.2, 0.25) is 0 Å². The number of benzene rings is 1. The highest BCUT2D eigenvalue weighted by atomic mass is 35.5. The quantitative estimate of drug-likeness (QED) is 0.458. The summed E-state index contributed by atoms with van der Waals surface area (Å²) in [4.78, 5) is 0. The molecule has 1 unspecified atom stereocenters. The van der Waals surface area contributed by atoms with Crippen LogP contribution < -0.4 is 9.46 Å². The van der Waals surface area contributed by atoms with Crippen molar-refractivity contribution in [2.75, 3.05) is 7.11 Å². The lowest BCUT2D eigenvalue weighted by Crippen LogP contribution is -2.46. The molecule has 152 valence electrons. The number of alkyl halides is 1. The predicted molar refractivity (Wildman–Crippen MR) is 106 cm³/mol.